The van der Waals surface area contributed by atoms with Gasteiger partial charge < -0.3 is 0 Å². The van der Waals surface area contributed by atoms with Crippen LogP contribution in [0, 0.1) is 5.92 Å². The summed E-state index contributed by atoms with van der Waals surface area (Å²) in [6.07, 6.45) is 6.48. The Balaban J connectivity index is 1.84. The number of rotatable bonds is 5. The van der Waals surface area contributed by atoms with Crippen molar-refractivity contribution in [2.75, 3.05) is 0 Å². The lowest BCUT2D eigenvalue weighted by Gasteiger charge is -2.29. The number of benzene rings is 1. The molecule has 1 aliphatic rings. The zero-order chi connectivity index (χ0) is 10.5. The maximum atomic E-state index is 5.60. The van der Waals surface area contributed by atoms with E-state index >= 15 is 0 Å². The fourth-order valence-electron chi connectivity index (χ4n) is 2.24. The average Bonchev–Trinajstić information content (AvgIpc) is 2.23. The zero-order valence-electron chi connectivity index (χ0n) is 9.15. The van der Waals surface area contributed by atoms with Crippen LogP contribution in [0.4, 0.5) is 0 Å². The Morgan fingerprint density at radius 3 is 2.53 bits per heavy atom. The lowest BCUT2D eigenvalue weighted by Crippen LogP contribution is -2.39. The van der Waals surface area contributed by atoms with Crippen LogP contribution >= 0.6 is 0 Å². The highest BCUT2D eigenvalue weighted by Crippen LogP contribution is 2.30. The molecule has 1 saturated carbocycles. The van der Waals surface area contributed by atoms with Gasteiger partial charge in [0, 0.05) is 6.04 Å². The Kier molecular flexibility index (Phi) is 3.75. The van der Waals surface area contributed by atoms with E-state index < -0.39 is 0 Å². The summed E-state index contributed by atoms with van der Waals surface area (Å²) in [5.74, 6) is 6.51. The molecule has 3 N–H and O–H groups in total. The molecule has 2 rings (SSSR count). The molecule has 1 aromatic carbocycles. The summed E-state index contributed by atoms with van der Waals surface area (Å²) in [7, 11) is 0. The highest BCUT2D eigenvalue weighted by atomic mass is 15.2. The van der Waals surface area contributed by atoms with Crippen molar-refractivity contribution in [1.82, 2.24) is 5.43 Å². The first-order valence-electron chi connectivity index (χ1n) is 5.88. The molecule has 2 heteroatoms. The van der Waals surface area contributed by atoms with E-state index in [-0.39, 0.29) is 0 Å². The van der Waals surface area contributed by atoms with Gasteiger partial charge in [0.05, 0.1) is 0 Å². The second-order valence-electron chi connectivity index (χ2n) is 4.59. The Labute approximate surface area is 91.8 Å². The molecule has 1 aliphatic carbocycles. The Hall–Kier alpha value is -0.860. The predicted molar refractivity (Wildman–Crippen MR) is 63.2 cm³/mol. The summed E-state index contributed by atoms with van der Waals surface area (Å²) in [4.78, 5) is 0. The molecule has 0 amide bonds. The Morgan fingerprint density at radius 2 is 2.00 bits per heavy atom. The maximum Gasteiger partial charge on any atom is 0.0253 e. The summed E-state index contributed by atoms with van der Waals surface area (Å²) in [5, 5.41) is 0. The minimum absolute atomic E-state index is 0.442. The van der Waals surface area contributed by atoms with Gasteiger partial charge in [-0.05, 0) is 24.3 Å². The molecule has 0 bridgehead atoms. The first-order chi connectivity index (χ1) is 7.38. The molecular weight excluding hydrogens is 184 g/mol. The van der Waals surface area contributed by atoms with Crippen LogP contribution < -0.4 is 11.3 Å². The Bertz CT molecular complexity index is 280. The third kappa shape index (κ3) is 3.05. The molecule has 0 radical (unpaired) electrons. The van der Waals surface area contributed by atoms with Gasteiger partial charge in [-0.2, -0.15) is 0 Å². The van der Waals surface area contributed by atoms with Crippen molar-refractivity contribution in [3.05, 3.63) is 35.9 Å². The van der Waals surface area contributed by atoms with Crippen LogP contribution in [0.15, 0.2) is 30.3 Å². The highest BCUT2D eigenvalue weighted by Gasteiger charge is 2.21. The minimum Gasteiger partial charge on any atom is -0.271 e. The first-order valence-corrected chi connectivity index (χ1v) is 5.88. The van der Waals surface area contributed by atoms with Gasteiger partial charge in [0.2, 0.25) is 0 Å². The zero-order valence-corrected chi connectivity index (χ0v) is 9.15. The fourth-order valence-corrected chi connectivity index (χ4v) is 2.24. The van der Waals surface area contributed by atoms with E-state index in [9.17, 15) is 0 Å². The van der Waals surface area contributed by atoms with Crippen molar-refractivity contribution in [2.24, 2.45) is 11.8 Å². The van der Waals surface area contributed by atoms with E-state index in [1.54, 1.807) is 0 Å². The van der Waals surface area contributed by atoms with Crippen molar-refractivity contribution in [3.63, 3.8) is 0 Å². The molecule has 15 heavy (non-hydrogen) atoms. The molecule has 0 aliphatic heterocycles. The third-order valence-corrected chi connectivity index (χ3v) is 3.40. The first kappa shape index (κ1) is 10.7. The monoisotopic (exact) mass is 204 g/mol. The average molecular weight is 204 g/mol. The second-order valence-corrected chi connectivity index (χ2v) is 4.59. The van der Waals surface area contributed by atoms with Crippen LogP contribution in [-0.4, -0.2) is 6.04 Å². The molecule has 1 aromatic rings. The number of hydrogen-bond acceptors (Lipinski definition) is 2. The van der Waals surface area contributed by atoms with E-state index in [4.69, 9.17) is 5.84 Å². The summed E-state index contributed by atoms with van der Waals surface area (Å²) < 4.78 is 0. The fraction of sp³-hybridized carbons (Fsp3) is 0.538. The molecule has 2 nitrogen and oxygen atoms in total. The molecule has 1 atom stereocenters. The van der Waals surface area contributed by atoms with Gasteiger partial charge >= 0.3 is 0 Å². The summed E-state index contributed by atoms with van der Waals surface area (Å²) in [6, 6.07) is 11.0. The van der Waals surface area contributed by atoms with Crippen molar-refractivity contribution in [1.29, 1.82) is 0 Å². The normalized spacial score (nSPS) is 18.5. The summed E-state index contributed by atoms with van der Waals surface area (Å²) in [5.41, 5.74) is 4.32. The number of hydrogen-bond donors (Lipinski definition) is 2. The Morgan fingerprint density at radius 1 is 1.27 bits per heavy atom. The lowest BCUT2D eigenvalue weighted by atomic mass is 9.80. The molecule has 0 saturated heterocycles. The number of nitrogens with one attached hydrogen (secondary N) is 1. The van der Waals surface area contributed by atoms with Gasteiger partial charge in [-0.25, -0.2) is 0 Å². The van der Waals surface area contributed by atoms with Gasteiger partial charge in [-0.15, -0.1) is 0 Å². The number of nitrogens with two attached hydrogens (primary N) is 1. The molecule has 82 valence electrons. The highest BCUT2D eigenvalue weighted by molar-refractivity contribution is 5.15. The summed E-state index contributed by atoms with van der Waals surface area (Å²) in [6.45, 7) is 0. The quantitative estimate of drug-likeness (QED) is 0.570. The van der Waals surface area contributed by atoms with Crippen LogP contribution in [0.3, 0.4) is 0 Å². The largest absolute Gasteiger partial charge is 0.271 e. The molecular formula is C13H20N2. The predicted octanol–water partition coefficient (Wildman–Crippen LogP) is 2.25. The third-order valence-electron chi connectivity index (χ3n) is 3.40. The molecule has 0 heterocycles. The smallest absolute Gasteiger partial charge is 0.0253 e. The van der Waals surface area contributed by atoms with E-state index in [1.165, 1.54) is 31.2 Å². The van der Waals surface area contributed by atoms with E-state index in [2.05, 4.69) is 35.8 Å². The van der Waals surface area contributed by atoms with Crippen LogP contribution in [0.25, 0.3) is 0 Å². The van der Waals surface area contributed by atoms with E-state index in [1.807, 2.05) is 0 Å². The SMILES string of the molecule is NNC(Cc1ccccc1)CC1CCC1. The minimum atomic E-state index is 0.442. The van der Waals surface area contributed by atoms with Crippen LogP contribution in [-0.2, 0) is 6.42 Å². The lowest BCUT2D eigenvalue weighted by molar-refractivity contribution is 0.259. The standard InChI is InChI=1S/C13H20N2/c14-15-13(10-12-7-4-8-12)9-11-5-2-1-3-6-11/h1-3,5-6,12-13,15H,4,7-10,14H2. The molecule has 0 spiro atoms. The van der Waals surface area contributed by atoms with E-state index in [0.29, 0.717) is 6.04 Å². The van der Waals surface area contributed by atoms with E-state index in [0.717, 1.165) is 12.3 Å². The van der Waals surface area contributed by atoms with Crippen molar-refractivity contribution < 1.29 is 0 Å². The molecule has 0 aromatic heterocycles. The van der Waals surface area contributed by atoms with Crippen molar-refractivity contribution in [2.45, 2.75) is 38.1 Å². The van der Waals surface area contributed by atoms with Crippen molar-refractivity contribution in [3.8, 4) is 0 Å². The molecule has 1 fully saturated rings. The van der Waals surface area contributed by atoms with Crippen LogP contribution in [0.1, 0.15) is 31.2 Å². The molecule has 1 unspecified atom stereocenters. The summed E-state index contributed by atoms with van der Waals surface area (Å²) >= 11 is 0. The second kappa shape index (κ2) is 5.29. The maximum absolute atomic E-state index is 5.60. The van der Waals surface area contributed by atoms with Gasteiger partial charge in [-0.1, -0.05) is 49.6 Å². The van der Waals surface area contributed by atoms with Gasteiger partial charge in [-0.3, -0.25) is 11.3 Å². The van der Waals surface area contributed by atoms with Crippen LogP contribution in [0.2, 0.25) is 0 Å². The van der Waals surface area contributed by atoms with Gasteiger partial charge in [0.15, 0.2) is 0 Å². The topological polar surface area (TPSA) is 38.0 Å². The van der Waals surface area contributed by atoms with Crippen LogP contribution in [0.5, 0.6) is 0 Å². The van der Waals surface area contributed by atoms with Crippen molar-refractivity contribution >= 4 is 0 Å². The van der Waals surface area contributed by atoms with Gasteiger partial charge in [0.25, 0.3) is 0 Å². The number of hydrazine groups is 1. The van der Waals surface area contributed by atoms with Gasteiger partial charge in [0.1, 0.15) is 0 Å².